The third kappa shape index (κ3) is 6.56. The van der Waals surface area contributed by atoms with E-state index in [1.54, 1.807) is 0 Å². The Bertz CT molecular complexity index is 469. The van der Waals surface area contributed by atoms with E-state index in [9.17, 15) is 31.1 Å². The van der Waals surface area contributed by atoms with Crippen molar-refractivity contribution in [2.24, 2.45) is 0 Å². The molecule has 0 saturated carbocycles. The summed E-state index contributed by atoms with van der Waals surface area (Å²) in [6.07, 6.45) is 0.608. The summed E-state index contributed by atoms with van der Waals surface area (Å²) in [5.74, 6) is 0. The first kappa shape index (κ1) is 17.2. The van der Waals surface area contributed by atoms with Crippen LogP contribution in [0.15, 0.2) is 28.0 Å². The summed E-state index contributed by atoms with van der Waals surface area (Å²) in [7, 11) is 0. The van der Waals surface area contributed by atoms with E-state index in [4.69, 9.17) is 0 Å². The molecule has 0 radical (unpaired) electrons. The van der Waals surface area contributed by atoms with Gasteiger partial charge in [-0.3, -0.25) is 0 Å². The number of carbonyl (C=O) groups is 1. The Labute approximate surface area is 119 Å². The van der Waals surface area contributed by atoms with Crippen LogP contribution < -0.4 is 0 Å². The second-order valence-corrected chi connectivity index (χ2v) is 5.82. The number of thioether (sulfide) groups is 2. The summed E-state index contributed by atoms with van der Waals surface area (Å²) in [5, 5.41) is 0. The Morgan fingerprint density at radius 3 is 2.10 bits per heavy atom. The van der Waals surface area contributed by atoms with Gasteiger partial charge in [0, 0.05) is 16.2 Å². The van der Waals surface area contributed by atoms with Crippen LogP contribution >= 0.6 is 23.5 Å². The van der Waals surface area contributed by atoms with Gasteiger partial charge in [-0.1, -0.05) is 6.07 Å². The van der Waals surface area contributed by atoms with Crippen molar-refractivity contribution in [3.05, 3.63) is 23.8 Å². The molecule has 0 spiro atoms. The van der Waals surface area contributed by atoms with Gasteiger partial charge in [-0.05, 0) is 47.6 Å². The van der Waals surface area contributed by atoms with Gasteiger partial charge in [0.2, 0.25) is 0 Å². The van der Waals surface area contributed by atoms with Gasteiger partial charge in [0.1, 0.15) is 6.29 Å². The van der Waals surface area contributed by atoms with Gasteiger partial charge in [0.05, 0.1) is 0 Å². The van der Waals surface area contributed by atoms with Gasteiger partial charge in [-0.25, -0.2) is 0 Å². The normalized spacial score (nSPS) is 12.5. The van der Waals surface area contributed by atoms with Gasteiger partial charge in [-0.2, -0.15) is 26.3 Å². The minimum absolute atomic E-state index is 0.0111. The second-order valence-electron chi connectivity index (χ2n) is 3.57. The molecule has 1 nitrogen and oxygen atoms in total. The highest BCUT2D eigenvalue weighted by Gasteiger charge is 2.32. The van der Waals surface area contributed by atoms with Crippen LogP contribution in [0.3, 0.4) is 0 Å². The van der Waals surface area contributed by atoms with E-state index in [-0.39, 0.29) is 28.2 Å². The number of aldehydes is 1. The minimum Gasteiger partial charge on any atom is -0.303 e. The highest BCUT2D eigenvalue weighted by atomic mass is 32.2. The Morgan fingerprint density at radius 1 is 1.00 bits per heavy atom. The highest BCUT2D eigenvalue weighted by Crippen LogP contribution is 2.43. The summed E-state index contributed by atoms with van der Waals surface area (Å²) in [5.41, 5.74) is -8.96. The molecular weight excluding hydrogens is 326 g/mol. The zero-order valence-electron chi connectivity index (χ0n) is 9.72. The van der Waals surface area contributed by atoms with E-state index in [0.29, 0.717) is 6.29 Å². The summed E-state index contributed by atoms with van der Waals surface area (Å²) in [6.45, 7) is 0. The van der Waals surface area contributed by atoms with Gasteiger partial charge in [0.15, 0.2) is 0 Å². The lowest BCUT2D eigenvalue weighted by molar-refractivity contribution is -0.107. The molecular formula is C11H8F6OS2. The second kappa shape index (κ2) is 6.75. The number of benzene rings is 1. The maximum absolute atomic E-state index is 12.4. The number of hydrogen-bond acceptors (Lipinski definition) is 3. The fraction of sp³-hybridized carbons (Fsp3) is 0.364. The monoisotopic (exact) mass is 334 g/mol. The fourth-order valence-electron chi connectivity index (χ4n) is 1.37. The van der Waals surface area contributed by atoms with Crippen molar-refractivity contribution < 1.29 is 31.1 Å². The predicted molar refractivity (Wildman–Crippen MR) is 64.7 cm³/mol. The Balaban J connectivity index is 3.04. The van der Waals surface area contributed by atoms with Crippen LogP contribution in [-0.2, 0) is 11.2 Å². The first-order valence-electron chi connectivity index (χ1n) is 5.19. The number of hydrogen-bond donors (Lipinski definition) is 0. The first-order chi connectivity index (χ1) is 9.11. The van der Waals surface area contributed by atoms with Crippen molar-refractivity contribution in [3.63, 3.8) is 0 Å². The van der Waals surface area contributed by atoms with Crippen molar-refractivity contribution in [2.45, 2.75) is 33.6 Å². The average Bonchev–Trinajstić information content (AvgIpc) is 2.23. The summed E-state index contributed by atoms with van der Waals surface area (Å²) < 4.78 is 73.7. The molecule has 0 aliphatic heterocycles. The topological polar surface area (TPSA) is 17.1 Å². The van der Waals surface area contributed by atoms with Crippen LogP contribution in [0.1, 0.15) is 12.0 Å². The number of aryl methyl sites for hydroxylation is 1. The minimum atomic E-state index is -4.60. The molecule has 0 amide bonds. The van der Waals surface area contributed by atoms with Gasteiger partial charge < -0.3 is 4.79 Å². The van der Waals surface area contributed by atoms with Crippen LogP contribution in [0.2, 0.25) is 0 Å². The third-order valence-corrected chi connectivity index (χ3v) is 3.58. The van der Waals surface area contributed by atoms with Gasteiger partial charge in [0.25, 0.3) is 0 Å². The number of carbonyl (C=O) groups excluding carboxylic acids is 1. The van der Waals surface area contributed by atoms with Crippen LogP contribution in [0.25, 0.3) is 0 Å². The van der Waals surface area contributed by atoms with E-state index in [0.717, 1.165) is 12.1 Å². The van der Waals surface area contributed by atoms with E-state index in [1.807, 2.05) is 0 Å². The van der Waals surface area contributed by atoms with E-state index >= 15 is 0 Å². The third-order valence-electron chi connectivity index (χ3n) is 2.03. The van der Waals surface area contributed by atoms with Crippen LogP contribution in [0, 0.1) is 0 Å². The van der Waals surface area contributed by atoms with Crippen molar-refractivity contribution >= 4 is 29.8 Å². The Morgan fingerprint density at radius 2 is 1.60 bits per heavy atom. The Kier molecular flexibility index (Phi) is 5.81. The van der Waals surface area contributed by atoms with Crippen LogP contribution in [0.5, 0.6) is 0 Å². The molecule has 1 aromatic rings. The maximum Gasteiger partial charge on any atom is 0.446 e. The van der Waals surface area contributed by atoms with Gasteiger partial charge >= 0.3 is 11.0 Å². The predicted octanol–water partition coefficient (Wildman–Crippen LogP) is 5.04. The molecule has 9 heteroatoms. The van der Waals surface area contributed by atoms with E-state index < -0.39 is 34.5 Å². The molecule has 0 heterocycles. The van der Waals surface area contributed by atoms with Crippen molar-refractivity contribution in [3.8, 4) is 0 Å². The molecule has 0 saturated heterocycles. The van der Waals surface area contributed by atoms with E-state index in [2.05, 4.69) is 0 Å². The molecule has 0 aliphatic carbocycles. The summed E-state index contributed by atoms with van der Waals surface area (Å²) in [6, 6.07) is 3.13. The molecule has 0 atom stereocenters. The lowest BCUT2D eigenvalue weighted by atomic mass is 10.1. The van der Waals surface area contributed by atoms with Gasteiger partial charge in [-0.15, -0.1) is 0 Å². The highest BCUT2D eigenvalue weighted by molar-refractivity contribution is 8.01. The van der Waals surface area contributed by atoms with Crippen LogP contribution in [-0.4, -0.2) is 17.3 Å². The molecule has 1 aromatic carbocycles. The molecule has 20 heavy (non-hydrogen) atoms. The van der Waals surface area contributed by atoms with Crippen molar-refractivity contribution in [1.29, 1.82) is 0 Å². The standard InChI is InChI=1S/C11H8F6OS2/c12-10(13,14)19-8-4-3-7(2-1-5-18)9(6-8)20-11(15,16)17/h3-6H,1-2H2. The number of rotatable bonds is 5. The quantitative estimate of drug-likeness (QED) is 0.426. The number of halogens is 6. The lowest BCUT2D eigenvalue weighted by Crippen LogP contribution is -2.03. The molecule has 0 N–H and O–H groups in total. The number of alkyl halides is 6. The molecule has 0 aromatic heterocycles. The zero-order valence-corrected chi connectivity index (χ0v) is 11.3. The average molecular weight is 334 g/mol. The summed E-state index contributed by atoms with van der Waals surface area (Å²) >= 11 is -0.955. The molecule has 1 rings (SSSR count). The smallest absolute Gasteiger partial charge is 0.303 e. The fourth-order valence-corrected chi connectivity index (χ4v) is 2.76. The largest absolute Gasteiger partial charge is 0.446 e. The molecule has 0 bridgehead atoms. The molecule has 0 unspecified atom stereocenters. The SMILES string of the molecule is O=CCCc1ccc(SC(F)(F)F)cc1SC(F)(F)F. The summed E-state index contributed by atoms with van der Waals surface area (Å²) in [4.78, 5) is 9.62. The lowest BCUT2D eigenvalue weighted by Gasteiger charge is -2.13. The van der Waals surface area contributed by atoms with E-state index in [1.165, 1.54) is 6.07 Å². The first-order valence-corrected chi connectivity index (χ1v) is 6.82. The molecule has 0 aliphatic rings. The van der Waals surface area contributed by atoms with Crippen LogP contribution in [0.4, 0.5) is 26.3 Å². The molecule has 0 fully saturated rings. The van der Waals surface area contributed by atoms with Crippen molar-refractivity contribution in [1.82, 2.24) is 0 Å². The molecule has 112 valence electrons. The zero-order chi connectivity index (χ0) is 15.4. The Hall–Kier alpha value is -0.830. The maximum atomic E-state index is 12.4. The van der Waals surface area contributed by atoms with Crippen molar-refractivity contribution in [2.75, 3.05) is 0 Å².